The first-order chi connectivity index (χ1) is 12.1. The normalized spacial score (nSPS) is 15.4. The summed E-state index contributed by atoms with van der Waals surface area (Å²) in [7, 11) is 0. The van der Waals surface area contributed by atoms with Crippen LogP contribution in [0.4, 0.5) is 0 Å². The average Bonchev–Trinajstić information content (AvgIpc) is 3.06. The molecule has 1 aromatic heterocycles. The molecule has 1 aliphatic heterocycles. The van der Waals surface area contributed by atoms with Crippen molar-refractivity contribution in [3.63, 3.8) is 0 Å². The monoisotopic (exact) mass is 363 g/mol. The number of carbonyl (C=O) groups excluding carboxylic acids is 1. The maximum Gasteiger partial charge on any atom is 0.229 e. The summed E-state index contributed by atoms with van der Waals surface area (Å²) in [5.41, 5.74) is 0. The lowest BCUT2D eigenvalue weighted by Crippen LogP contribution is -2.38. The topological polar surface area (TPSA) is 68.5 Å². The summed E-state index contributed by atoms with van der Waals surface area (Å²) in [6, 6.07) is 7.23. The van der Waals surface area contributed by atoms with Crippen molar-refractivity contribution in [3.05, 3.63) is 41.0 Å². The Morgan fingerprint density at radius 3 is 2.68 bits per heavy atom. The van der Waals surface area contributed by atoms with E-state index in [0.29, 0.717) is 36.2 Å². The molecule has 25 heavy (non-hydrogen) atoms. The third-order valence-corrected chi connectivity index (χ3v) is 4.61. The Bertz CT molecular complexity index is 694. The molecule has 1 fully saturated rings. The summed E-state index contributed by atoms with van der Waals surface area (Å²) in [6.07, 6.45) is 2.94. The number of halogens is 1. The Balaban J connectivity index is 1.36. The lowest BCUT2D eigenvalue weighted by atomic mass is 9.96. The zero-order valence-electron chi connectivity index (χ0n) is 14.3. The zero-order valence-corrected chi connectivity index (χ0v) is 15.0. The van der Waals surface area contributed by atoms with Gasteiger partial charge in [-0.2, -0.15) is 4.98 Å². The van der Waals surface area contributed by atoms with Gasteiger partial charge in [-0.05, 0) is 50.5 Å². The maximum absolute atomic E-state index is 12.3. The number of hydrogen-bond donors (Lipinski definition) is 0. The highest BCUT2D eigenvalue weighted by Gasteiger charge is 2.26. The fraction of sp³-hybridized carbons (Fsp3) is 0.500. The molecule has 1 saturated heterocycles. The molecule has 2 aromatic rings. The van der Waals surface area contributed by atoms with E-state index in [1.165, 1.54) is 0 Å². The summed E-state index contributed by atoms with van der Waals surface area (Å²) in [5, 5.41) is 4.52. The number of benzene rings is 1. The highest BCUT2D eigenvalue weighted by Crippen LogP contribution is 2.27. The van der Waals surface area contributed by atoms with Gasteiger partial charge in [0.1, 0.15) is 5.75 Å². The van der Waals surface area contributed by atoms with Gasteiger partial charge >= 0.3 is 0 Å². The minimum atomic E-state index is 0.180. The van der Waals surface area contributed by atoms with Gasteiger partial charge in [0.25, 0.3) is 0 Å². The number of amides is 1. The number of piperidine rings is 1. The Labute approximate surface area is 152 Å². The van der Waals surface area contributed by atoms with Crippen LogP contribution in [0.25, 0.3) is 0 Å². The van der Waals surface area contributed by atoms with Crippen LogP contribution in [0.3, 0.4) is 0 Å². The minimum Gasteiger partial charge on any atom is -0.494 e. The van der Waals surface area contributed by atoms with Gasteiger partial charge in [-0.15, -0.1) is 0 Å². The first-order valence-electron chi connectivity index (χ1n) is 8.58. The highest BCUT2D eigenvalue weighted by atomic mass is 35.5. The van der Waals surface area contributed by atoms with Crippen molar-refractivity contribution in [3.8, 4) is 5.75 Å². The van der Waals surface area contributed by atoms with Crippen LogP contribution in [0.15, 0.2) is 28.8 Å². The molecule has 3 rings (SSSR count). The number of carbonyl (C=O) groups is 1. The molecular weight excluding hydrogens is 342 g/mol. The number of aromatic nitrogens is 2. The molecule has 6 nitrogen and oxygen atoms in total. The van der Waals surface area contributed by atoms with Gasteiger partial charge < -0.3 is 14.2 Å². The van der Waals surface area contributed by atoms with Gasteiger partial charge in [-0.25, -0.2) is 0 Å². The first-order valence-corrected chi connectivity index (χ1v) is 8.96. The van der Waals surface area contributed by atoms with E-state index in [-0.39, 0.29) is 11.8 Å². The Morgan fingerprint density at radius 2 is 2.04 bits per heavy atom. The quantitative estimate of drug-likeness (QED) is 0.733. The molecule has 134 valence electrons. The Kier molecular flexibility index (Phi) is 5.91. The minimum absolute atomic E-state index is 0.180. The van der Waals surface area contributed by atoms with E-state index >= 15 is 0 Å². The molecule has 0 spiro atoms. The second-order valence-corrected chi connectivity index (χ2v) is 6.68. The van der Waals surface area contributed by atoms with E-state index in [0.717, 1.165) is 31.7 Å². The summed E-state index contributed by atoms with van der Waals surface area (Å²) in [5.74, 6) is 2.57. The molecule has 7 heteroatoms. The van der Waals surface area contributed by atoms with E-state index in [2.05, 4.69) is 10.1 Å². The molecule has 0 aliphatic carbocycles. The fourth-order valence-corrected chi connectivity index (χ4v) is 3.08. The van der Waals surface area contributed by atoms with Gasteiger partial charge in [0.15, 0.2) is 5.82 Å². The SMILES string of the molecule is Cc1noc(C2CCN(C(=O)CCCOc3ccc(Cl)cc3)CC2)n1. The number of aryl methyl sites for hydroxylation is 1. The molecule has 1 aliphatic rings. The molecule has 0 unspecified atom stereocenters. The lowest BCUT2D eigenvalue weighted by Gasteiger charge is -2.30. The van der Waals surface area contributed by atoms with Crippen LogP contribution in [-0.2, 0) is 4.79 Å². The van der Waals surface area contributed by atoms with Crippen molar-refractivity contribution in [2.24, 2.45) is 0 Å². The average molecular weight is 364 g/mol. The van der Waals surface area contributed by atoms with Gasteiger partial charge in [0.05, 0.1) is 6.61 Å². The lowest BCUT2D eigenvalue weighted by molar-refractivity contribution is -0.132. The maximum atomic E-state index is 12.3. The van der Waals surface area contributed by atoms with Crippen molar-refractivity contribution in [1.29, 1.82) is 0 Å². The first kappa shape index (κ1) is 17.7. The number of nitrogens with zero attached hydrogens (tertiary/aromatic N) is 3. The van der Waals surface area contributed by atoms with Crippen molar-refractivity contribution in [1.82, 2.24) is 15.0 Å². The predicted octanol–water partition coefficient (Wildman–Crippen LogP) is 3.60. The summed E-state index contributed by atoms with van der Waals surface area (Å²) < 4.78 is 10.9. The van der Waals surface area contributed by atoms with Crippen LogP contribution in [0.5, 0.6) is 5.75 Å². The van der Waals surface area contributed by atoms with E-state index in [4.69, 9.17) is 20.9 Å². The van der Waals surface area contributed by atoms with Crippen LogP contribution in [0, 0.1) is 6.92 Å². The second kappa shape index (κ2) is 8.34. The Hall–Kier alpha value is -2.08. The van der Waals surface area contributed by atoms with Crippen molar-refractivity contribution in [2.75, 3.05) is 19.7 Å². The smallest absolute Gasteiger partial charge is 0.229 e. The fourth-order valence-electron chi connectivity index (χ4n) is 2.96. The van der Waals surface area contributed by atoms with Crippen molar-refractivity contribution in [2.45, 2.75) is 38.5 Å². The third-order valence-electron chi connectivity index (χ3n) is 4.36. The molecule has 2 heterocycles. The van der Waals surface area contributed by atoms with Gasteiger partial charge in [-0.3, -0.25) is 4.79 Å². The van der Waals surface area contributed by atoms with Crippen LogP contribution < -0.4 is 4.74 Å². The number of ether oxygens (including phenoxy) is 1. The number of likely N-dealkylation sites (tertiary alicyclic amines) is 1. The van der Waals surface area contributed by atoms with Crippen molar-refractivity contribution >= 4 is 17.5 Å². The highest BCUT2D eigenvalue weighted by molar-refractivity contribution is 6.30. The second-order valence-electron chi connectivity index (χ2n) is 6.24. The molecule has 1 aromatic carbocycles. The Morgan fingerprint density at radius 1 is 1.32 bits per heavy atom. The summed E-state index contributed by atoms with van der Waals surface area (Å²) in [4.78, 5) is 18.5. The van der Waals surface area contributed by atoms with Crippen LogP contribution in [-0.4, -0.2) is 40.6 Å². The molecule has 0 saturated carbocycles. The van der Waals surface area contributed by atoms with Crippen LogP contribution in [0.1, 0.15) is 43.3 Å². The standard InChI is InChI=1S/C18H22ClN3O3/c1-13-20-18(25-21-13)14-8-10-22(11-9-14)17(23)3-2-12-24-16-6-4-15(19)5-7-16/h4-7,14H,2-3,8-12H2,1H3. The zero-order chi connectivity index (χ0) is 17.6. The van der Waals surface area contributed by atoms with Crippen LogP contribution >= 0.6 is 11.6 Å². The molecule has 0 radical (unpaired) electrons. The van der Waals surface area contributed by atoms with Crippen molar-refractivity contribution < 1.29 is 14.1 Å². The molecular formula is C18H22ClN3O3. The molecule has 0 atom stereocenters. The van der Waals surface area contributed by atoms with E-state index in [1.807, 2.05) is 24.0 Å². The molecule has 0 N–H and O–H groups in total. The number of hydrogen-bond acceptors (Lipinski definition) is 5. The largest absolute Gasteiger partial charge is 0.494 e. The van der Waals surface area contributed by atoms with Gasteiger partial charge in [0, 0.05) is 30.5 Å². The number of rotatable bonds is 6. The van der Waals surface area contributed by atoms with Crippen LogP contribution in [0.2, 0.25) is 5.02 Å². The van der Waals surface area contributed by atoms with E-state index < -0.39 is 0 Å². The van der Waals surface area contributed by atoms with E-state index in [9.17, 15) is 4.79 Å². The van der Waals surface area contributed by atoms with Gasteiger partial charge in [-0.1, -0.05) is 16.8 Å². The van der Waals surface area contributed by atoms with Gasteiger partial charge in [0.2, 0.25) is 11.8 Å². The predicted molar refractivity (Wildman–Crippen MR) is 93.8 cm³/mol. The third kappa shape index (κ3) is 4.95. The summed E-state index contributed by atoms with van der Waals surface area (Å²) in [6.45, 7) is 3.81. The van der Waals surface area contributed by atoms with E-state index in [1.54, 1.807) is 12.1 Å². The molecule has 1 amide bonds. The molecule has 0 bridgehead atoms. The summed E-state index contributed by atoms with van der Waals surface area (Å²) >= 11 is 5.83.